The molecule has 136 valence electrons. The zero-order chi connectivity index (χ0) is 18.5. The number of halogens is 2. The van der Waals surface area contributed by atoms with Gasteiger partial charge in [-0.25, -0.2) is 4.98 Å². The lowest BCUT2D eigenvalue weighted by Gasteiger charge is -2.08. The third kappa shape index (κ3) is 4.46. The molecule has 3 rings (SSSR count). The van der Waals surface area contributed by atoms with Crippen LogP contribution in [0.1, 0.15) is 13.3 Å². The number of anilines is 1. The van der Waals surface area contributed by atoms with Crippen LogP contribution in [0, 0.1) is 0 Å². The second-order valence-corrected chi connectivity index (χ2v) is 7.32. The molecular formula is C16H15BrClN5O2S. The molecule has 7 nitrogen and oxygen atoms in total. The van der Waals surface area contributed by atoms with Crippen molar-refractivity contribution in [3.8, 4) is 11.6 Å². The number of hydrogen-bond acceptors (Lipinski definition) is 6. The van der Waals surface area contributed by atoms with E-state index in [1.54, 1.807) is 24.4 Å². The number of rotatable bonds is 7. The topological polar surface area (TPSA) is 85.8 Å². The Morgan fingerprint density at radius 2 is 2.23 bits per heavy atom. The average Bonchev–Trinajstić information content (AvgIpc) is 3.22. The lowest BCUT2D eigenvalue weighted by Crippen LogP contribution is -2.15. The molecule has 0 atom stereocenters. The third-order valence-corrected chi connectivity index (χ3v) is 5.02. The van der Waals surface area contributed by atoms with Gasteiger partial charge in [0.05, 0.1) is 11.4 Å². The number of amides is 1. The van der Waals surface area contributed by atoms with Crippen LogP contribution in [0.2, 0.25) is 5.15 Å². The summed E-state index contributed by atoms with van der Waals surface area (Å²) >= 11 is 10.5. The fraction of sp³-hybridized carbons (Fsp3) is 0.250. The van der Waals surface area contributed by atoms with E-state index in [4.69, 9.17) is 16.0 Å². The minimum absolute atomic E-state index is 0.176. The monoisotopic (exact) mass is 455 g/mol. The van der Waals surface area contributed by atoms with Gasteiger partial charge >= 0.3 is 0 Å². The molecule has 26 heavy (non-hydrogen) atoms. The van der Waals surface area contributed by atoms with E-state index in [0.717, 1.165) is 13.0 Å². The maximum Gasteiger partial charge on any atom is 0.234 e. The van der Waals surface area contributed by atoms with Gasteiger partial charge in [0, 0.05) is 12.7 Å². The molecule has 0 unspecified atom stereocenters. The van der Waals surface area contributed by atoms with Gasteiger partial charge in [-0.3, -0.25) is 9.36 Å². The molecule has 1 N–H and O–H groups in total. The lowest BCUT2D eigenvalue weighted by atomic mass is 10.4. The van der Waals surface area contributed by atoms with Crippen LogP contribution in [0.15, 0.2) is 44.7 Å². The Kier molecular flexibility index (Phi) is 6.33. The number of carbonyl (C=O) groups excluding carboxylic acids is 1. The number of hydrogen-bond donors (Lipinski definition) is 1. The zero-order valence-corrected chi connectivity index (χ0v) is 16.9. The van der Waals surface area contributed by atoms with Crippen LogP contribution in [0.3, 0.4) is 0 Å². The quantitative estimate of drug-likeness (QED) is 0.416. The molecule has 3 heterocycles. The molecular weight excluding hydrogens is 442 g/mol. The molecule has 0 bridgehead atoms. The minimum atomic E-state index is -0.196. The molecule has 0 radical (unpaired) electrons. The van der Waals surface area contributed by atoms with Crippen molar-refractivity contribution >= 4 is 50.9 Å². The smallest absolute Gasteiger partial charge is 0.234 e. The number of aromatic nitrogens is 4. The van der Waals surface area contributed by atoms with Crippen molar-refractivity contribution < 1.29 is 9.21 Å². The Labute approximate surface area is 167 Å². The highest BCUT2D eigenvalue weighted by molar-refractivity contribution is 9.10. The van der Waals surface area contributed by atoms with Gasteiger partial charge in [-0.1, -0.05) is 30.3 Å². The van der Waals surface area contributed by atoms with Crippen molar-refractivity contribution in [3.05, 3.63) is 40.3 Å². The van der Waals surface area contributed by atoms with Gasteiger partial charge in [-0.2, -0.15) is 0 Å². The molecule has 3 aromatic rings. The van der Waals surface area contributed by atoms with Gasteiger partial charge in [0.15, 0.2) is 20.7 Å². The molecule has 0 aliphatic heterocycles. The molecule has 10 heteroatoms. The van der Waals surface area contributed by atoms with Crippen LogP contribution in [-0.4, -0.2) is 31.4 Å². The van der Waals surface area contributed by atoms with Gasteiger partial charge < -0.3 is 9.73 Å². The average molecular weight is 457 g/mol. The molecule has 0 saturated heterocycles. The number of thioether (sulfide) groups is 1. The zero-order valence-electron chi connectivity index (χ0n) is 13.8. The Balaban J connectivity index is 1.70. The van der Waals surface area contributed by atoms with Crippen molar-refractivity contribution in [2.45, 2.75) is 25.0 Å². The summed E-state index contributed by atoms with van der Waals surface area (Å²) in [5.74, 6) is 1.24. The van der Waals surface area contributed by atoms with Gasteiger partial charge in [0.1, 0.15) is 0 Å². The first kappa shape index (κ1) is 18.9. The van der Waals surface area contributed by atoms with Crippen LogP contribution in [0.4, 0.5) is 5.69 Å². The van der Waals surface area contributed by atoms with Crippen molar-refractivity contribution in [1.29, 1.82) is 0 Å². The van der Waals surface area contributed by atoms with Crippen LogP contribution in [0.5, 0.6) is 0 Å². The maximum absolute atomic E-state index is 12.2. The summed E-state index contributed by atoms with van der Waals surface area (Å²) in [6.45, 7) is 2.78. The van der Waals surface area contributed by atoms with E-state index < -0.39 is 0 Å². The molecule has 3 aromatic heterocycles. The van der Waals surface area contributed by atoms with E-state index in [0.29, 0.717) is 27.1 Å². The van der Waals surface area contributed by atoms with Crippen LogP contribution in [-0.2, 0) is 11.3 Å². The fourth-order valence-corrected chi connectivity index (χ4v) is 3.47. The molecule has 0 saturated carbocycles. The lowest BCUT2D eigenvalue weighted by molar-refractivity contribution is -0.113. The highest BCUT2D eigenvalue weighted by Gasteiger charge is 2.18. The number of carbonyl (C=O) groups is 1. The van der Waals surface area contributed by atoms with E-state index in [2.05, 4.69) is 43.4 Å². The van der Waals surface area contributed by atoms with Gasteiger partial charge in [-0.05, 0) is 46.6 Å². The molecule has 0 spiro atoms. The Morgan fingerprint density at radius 1 is 1.38 bits per heavy atom. The summed E-state index contributed by atoms with van der Waals surface area (Å²) in [6, 6.07) is 7.04. The predicted molar refractivity (Wildman–Crippen MR) is 104 cm³/mol. The van der Waals surface area contributed by atoms with Crippen molar-refractivity contribution in [2.75, 3.05) is 11.1 Å². The largest absolute Gasteiger partial charge is 0.446 e. The van der Waals surface area contributed by atoms with Crippen LogP contribution in [0.25, 0.3) is 11.6 Å². The summed E-state index contributed by atoms with van der Waals surface area (Å²) < 4.78 is 8.14. The fourth-order valence-electron chi connectivity index (χ4n) is 2.23. The summed E-state index contributed by atoms with van der Waals surface area (Å²) in [6.07, 6.45) is 2.46. The summed E-state index contributed by atoms with van der Waals surface area (Å²) in [4.78, 5) is 16.1. The van der Waals surface area contributed by atoms with E-state index in [-0.39, 0.29) is 16.8 Å². The van der Waals surface area contributed by atoms with Crippen molar-refractivity contribution in [1.82, 2.24) is 19.7 Å². The Hall–Kier alpha value is -1.84. The SMILES string of the molecule is CCCn1c(SCC(=O)Nc2cccnc2Cl)nnc1-c1ccc(Br)o1. The second kappa shape index (κ2) is 8.70. The summed E-state index contributed by atoms with van der Waals surface area (Å²) in [5, 5.41) is 12.1. The van der Waals surface area contributed by atoms with Crippen LogP contribution < -0.4 is 5.32 Å². The van der Waals surface area contributed by atoms with Crippen molar-refractivity contribution in [2.24, 2.45) is 0 Å². The van der Waals surface area contributed by atoms with Gasteiger partial charge in [0.25, 0.3) is 0 Å². The standard InChI is InChI=1S/C16H15BrClN5O2S/c1-2-8-23-15(11-5-6-12(17)25-11)21-22-16(23)26-9-13(24)20-10-4-3-7-19-14(10)18/h3-7H,2,8-9H2,1H3,(H,20,24). The summed E-state index contributed by atoms with van der Waals surface area (Å²) in [7, 11) is 0. The maximum atomic E-state index is 12.2. The summed E-state index contributed by atoms with van der Waals surface area (Å²) in [5.41, 5.74) is 0.482. The normalized spacial score (nSPS) is 10.9. The third-order valence-electron chi connectivity index (χ3n) is 3.32. The number of nitrogens with zero attached hydrogens (tertiary/aromatic N) is 4. The van der Waals surface area contributed by atoms with E-state index in [9.17, 15) is 4.79 Å². The number of furan rings is 1. The van der Waals surface area contributed by atoms with Gasteiger partial charge in [-0.15, -0.1) is 10.2 Å². The van der Waals surface area contributed by atoms with Crippen LogP contribution >= 0.6 is 39.3 Å². The van der Waals surface area contributed by atoms with E-state index in [1.165, 1.54) is 11.8 Å². The molecule has 0 aliphatic carbocycles. The Bertz CT molecular complexity index is 914. The highest BCUT2D eigenvalue weighted by Crippen LogP contribution is 2.28. The molecule has 1 amide bonds. The first-order valence-electron chi connectivity index (χ1n) is 7.80. The highest BCUT2D eigenvalue weighted by atomic mass is 79.9. The van der Waals surface area contributed by atoms with E-state index >= 15 is 0 Å². The molecule has 0 aromatic carbocycles. The molecule has 0 aliphatic rings. The minimum Gasteiger partial charge on any atom is -0.446 e. The van der Waals surface area contributed by atoms with Crippen molar-refractivity contribution in [3.63, 3.8) is 0 Å². The Morgan fingerprint density at radius 3 is 2.92 bits per heavy atom. The molecule has 0 fully saturated rings. The first-order chi connectivity index (χ1) is 12.6. The number of pyridine rings is 1. The predicted octanol–water partition coefficient (Wildman–Crippen LogP) is 4.49. The van der Waals surface area contributed by atoms with E-state index in [1.807, 2.05) is 10.6 Å². The second-order valence-electron chi connectivity index (χ2n) is 5.24. The first-order valence-corrected chi connectivity index (χ1v) is 9.96. The van der Waals surface area contributed by atoms with Gasteiger partial charge in [0.2, 0.25) is 11.7 Å². The number of nitrogens with one attached hydrogen (secondary N) is 1.